The average molecular weight is 715 g/mol. The fourth-order valence-electron chi connectivity index (χ4n) is 9.23. The van der Waals surface area contributed by atoms with Gasteiger partial charge in [-0.05, 0) is 131 Å². The first-order valence-electron chi connectivity index (χ1n) is 20.2. The third-order valence-corrected chi connectivity index (χ3v) is 12.4. The Morgan fingerprint density at radius 3 is 1.44 bits per heavy atom. The smallest absolute Gasteiger partial charge is 0.0465 e. The molecule has 2 nitrogen and oxygen atoms in total. The topological polar surface area (TPSA) is 6.48 Å². The minimum atomic E-state index is -0.0630. The van der Waals surface area contributed by atoms with Crippen molar-refractivity contribution in [1.29, 1.82) is 0 Å². The average Bonchev–Trinajstić information content (AvgIpc) is 3.48. The molecule has 0 aliphatic heterocycles. The fraction of sp³-hybridized carbons (Fsp3) is 0.208. The first-order chi connectivity index (χ1) is 27.0. The number of nitrogens with zero attached hydrogens (tertiary/aromatic N) is 2. The molecule has 1 fully saturated rings. The lowest BCUT2D eigenvalue weighted by Gasteiger charge is -2.29. The number of para-hydroxylation sites is 2. The summed E-state index contributed by atoms with van der Waals surface area (Å²) in [5.41, 5.74) is 16.5. The molecule has 1 atom stereocenters. The minimum absolute atomic E-state index is 0.0630. The second-order valence-corrected chi connectivity index (χ2v) is 16.1. The van der Waals surface area contributed by atoms with E-state index >= 15 is 0 Å². The molecule has 55 heavy (non-hydrogen) atoms. The van der Waals surface area contributed by atoms with Crippen molar-refractivity contribution in [3.05, 3.63) is 204 Å². The number of hydrogen-bond acceptors (Lipinski definition) is 2. The molecule has 0 amide bonds. The molecular weight excluding hydrogens is 665 g/mol. The lowest BCUT2D eigenvalue weighted by Crippen LogP contribution is -2.16. The predicted octanol–water partition coefficient (Wildman–Crippen LogP) is 15.1. The summed E-state index contributed by atoms with van der Waals surface area (Å²) in [7, 11) is 0. The van der Waals surface area contributed by atoms with Crippen LogP contribution in [-0.2, 0) is 5.41 Å². The third-order valence-electron chi connectivity index (χ3n) is 12.4. The quantitative estimate of drug-likeness (QED) is 0.147. The molecule has 272 valence electrons. The number of benzene rings is 7. The number of anilines is 6. The van der Waals surface area contributed by atoms with Gasteiger partial charge in [0.05, 0.1) is 0 Å². The Morgan fingerprint density at radius 1 is 0.436 bits per heavy atom. The summed E-state index contributed by atoms with van der Waals surface area (Å²) < 4.78 is 0. The normalized spacial score (nSPS) is 15.2. The summed E-state index contributed by atoms with van der Waals surface area (Å²) in [6.07, 6.45) is 6.69. The minimum Gasteiger partial charge on any atom is -0.311 e. The van der Waals surface area contributed by atoms with E-state index in [1.54, 1.807) is 0 Å². The maximum atomic E-state index is 2.45. The van der Waals surface area contributed by atoms with E-state index in [2.05, 4.69) is 206 Å². The van der Waals surface area contributed by atoms with Gasteiger partial charge in [0, 0.05) is 45.5 Å². The Morgan fingerprint density at radius 2 is 0.873 bits per heavy atom. The van der Waals surface area contributed by atoms with Crippen molar-refractivity contribution in [2.24, 2.45) is 0 Å². The summed E-state index contributed by atoms with van der Waals surface area (Å²) in [6, 6.07) is 65.1. The van der Waals surface area contributed by atoms with E-state index in [9.17, 15) is 0 Å². The van der Waals surface area contributed by atoms with Crippen LogP contribution < -0.4 is 9.80 Å². The van der Waals surface area contributed by atoms with E-state index in [4.69, 9.17) is 0 Å². The van der Waals surface area contributed by atoms with Crippen molar-refractivity contribution in [2.45, 2.75) is 70.1 Å². The zero-order chi connectivity index (χ0) is 37.4. The van der Waals surface area contributed by atoms with Crippen molar-refractivity contribution in [1.82, 2.24) is 0 Å². The molecule has 0 radical (unpaired) electrons. The zero-order valence-corrected chi connectivity index (χ0v) is 32.3. The highest BCUT2D eigenvalue weighted by Crippen LogP contribution is 2.51. The second-order valence-electron chi connectivity index (χ2n) is 16.1. The van der Waals surface area contributed by atoms with Gasteiger partial charge in [0.15, 0.2) is 0 Å². The van der Waals surface area contributed by atoms with Gasteiger partial charge in [-0.25, -0.2) is 0 Å². The van der Waals surface area contributed by atoms with E-state index in [0.717, 1.165) is 17.1 Å². The van der Waals surface area contributed by atoms with Crippen LogP contribution in [0.25, 0.3) is 11.1 Å². The maximum absolute atomic E-state index is 2.45. The highest BCUT2D eigenvalue weighted by molar-refractivity contribution is 5.85. The molecule has 0 spiro atoms. The first-order valence-corrected chi connectivity index (χ1v) is 20.2. The Labute approximate surface area is 327 Å². The van der Waals surface area contributed by atoms with Crippen LogP contribution in [0.4, 0.5) is 34.1 Å². The first kappa shape index (κ1) is 34.9. The molecule has 1 unspecified atom stereocenters. The molecule has 0 heterocycles. The number of rotatable bonds is 9. The Bertz CT molecular complexity index is 2330. The third kappa shape index (κ3) is 6.65. The molecule has 0 N–H and O–H groups in total. The molecule has 2 aliphatic rings. The van der Waals surface area contributed by atoms with Crippen LogP contribution in [0.2, 0.25) is 0 Å². The van der Waals surface area contributed by atoms with Gasteiger partial charge in [0.1, 0.15) is 0 Å². The molecule has 0 saturated heterocycles. The summed E-state index contributed by atoms with van der Waals surface area (Å²) >= 11 is 0. The van der Waals surface area contributed by atoms with Gasteiger partial charge in [-0.15, -0.1) is 0 Å². The van der Waals surface area contributed by atoms with Crippen LogP contribution >= 0.6 is 0 Å². The fourth-order valence-corrected chi connectivity index (χ4v) is 9.23. The van der Waals surface area contributed by atoms with Crippen LogP contribution in [0.5, 0.6) is 0 Å². The van der Waals surface area contributed by atoms with Gasteiger partial charge < -0.3 is 9.80 Å². The van der Waals surface area contributed by atoms with E-state index in [1.165, 1.54) is 88.1 Å². The highest BCUT2D eigenvalue weighted by Gasteiger charge is 2.35. The summed E-state index contributed by atoms with van der Waals surface area (Å²) in [6.45, 7) is 7.06. The second kappa shape index (κ2) is 14.8. The van der Waals surface area contributed by atoms with Crippen molar-refractivity contribution in [3.8, 4) is 11.1 Å². The van der Waals surface area contributed by atoms with E-state index in [1.807, 2.05) is 0 Å². The van der Waals surface area contributed by atoms with Crippen LogP contribution in [0.15, 0.2) is 176 Å². The Balaban J connectivity index is 1.03. The van der Waals surface area contributed by atoms with Gasteiger partial charge in [0.2, 0.25) is 0 Å². The SMILES string of the molecule is CC(c1ccc(N(c2ccccc2)c2ccccc2)cc1)c1ccc(N(c2ccc(C3CCCCC3)cc2)c2ccc3c(c2)C(C)(C)c2ccccc2-3)cc1. The molecule has 2 heteroatoms. The molecule has 7 aromatic carbocycles. The summed E-state index contributed by atoms with van der Waals surface area (Å²) in [5, 5.41) is 0. The van der Waals surface area contributed by atoms with Gasteiger partial charge in [0.25, 0.3) is 0 Å². The van der Waals surface area contributed by atoms with Crippen LogP contribution in [0.1, 0.15) is 92.5 Å². The largest absolute Gasteiger partial charge is 0.311 e. The van der Waals surface area contributed by atoms with E-state index in [-0.39, 0.29) is 11.3 Å². The van der Waals surface area contributed by atoms with Crippen LogP contribution in [-0.4, -0.2) is 0 Å². The van der Waals surface area contributed by atoms with Crippen molar-refractivity contribution >= 4 is 34.1 Å². The monoisotopic (exact) mass is 714 g/mol. The molecule has 0 aromatic heterocycles. The van der Waals surface area contributed by atoms with Crippen molar-refractivity contribution < 1.29 is 0 Å². The van der Waals surface area contributed by atoms with E-state index < -0.39 is 0 Å². The standard InChI is InChI=1S/C53H50N2/c1-38(39-23-29-45(30-24-39)54(43-17-9-5-10-18-43)44-19-11-6-12-20-44)40-25-31-46(32-26-40)55(47-33-27-42(28-34-47)41-15-7-4-8-16-41)48-35-36-50-49-21-13-14-22-51(49)53(2,3)52(50)37-48/h5-6,9-14,17-38,41H,4,7-8,15-16H2,1-3H3. The highest BCUT2D eigenvalue weighted by atomic mass is 15.1. The van der Waals surface area contributed by atoms with Gasteiger partial charge in [-0.2, -0.15) is 0 Å². The zero-order valence-electron chi connectivity index (χ0n) is 32.3. The lowest BCUT2D eigenvalue weighted by atomic mass is 9.82. The molecule has 7 aromatic rings. The number of hydrogen-bond donors (Lipinski definition) is 0. The molecule has 0 bridgehead atoms. The van der Waals surface area contributed by atoms with Gasteiger partial charge in [-0.1, -0.05) is 143 Å². The summed E-state index contributed by atoms with van der Waals surface area (Å²) in [5.74, 6) is 0.928. The Hall–Kier alpha value is -5.86. The van der Waals surface area contributed by atoms with E-state index in [0.29, 0.717) is 5.92 Å². The molecular formula is C53H50N2. The van der Waals surface area contributed by atoms with Crippen molar-refractivity contribution in [3.63, 3.8) is 0 Å². The van der Waals surface area contributed by atoms with Gasteiger partial charge >= 0.3 is 0 Å². The Kier molecular flexibility index (Phi) is 9.36. The van der Waals surface area contributed by atoms with Crippen molar-refractivity contribution in [2.75, 3.05) is 9.80 Å². The summed E-state index contributed by atoms with van der Waals surface area (Å²) in [4.78, 5) is 4.77. The maximum Gasteiger partial charge on any atom is 0.0465 e. The number of fused-ring (bicyclic) bond motifs is 3. The molecule has 9 rings (SSSR count). The predicted molar refractivity (Wildman–Crippen MR) is 233 cm³/mol. The van der Waals surface area contributed by atoms with Crippen LogP contribution in [0.3, 0.4) is 0 Å². The van der Waals surface area contributed by atoms with Gasteiger partial charge in [-0.3, -0.25) is 0 Å². The molecule has 2 aliphatic carbocycles. The lowest BCUT2D eigenvalue weighted by molar-refractivity contribution is 0.443. The molecule has 1 saturated carbocycles. The van der Waals surface area contributed by atoms with Crippen LogP contribution in [0, 0.1) is 0 Å².